The van der Waals surface area contributed by atoms with E-state index in [2.05, 4.69) is 26.1 Å². The summed E-state index contributed by atoms with van der Waals surface area (Å²) in [5.74, 6) is 0.274. The fourth-order valence-corrected chi connectivity index (χ4v) is 3.73. The number of rotatable bonds is 11. The molecule has 3 unspecified atom stereocenters. The van der Waals surface area contributed by atoms with E-state index in [1.54, 1.807) is 18.9 Å². The number of carbonyl (C=O) groups excluding carboxylic acids is 2. The maximum absolute atomic E-state index is 13.0. The second kappa shape index (κ2) is 11.5. The average Bonchev–Trinajstić information content (AvgIpc) is 2.56. The molecule has 0 aromatic heterocycles. The molecule has 0 saturated carbocycles. The monoisotopic (exact) mass is 371 g/mol. The minimum Gasteiger partial charge on any atom is -0.379 e. The lowest BCUT2D eigenvalue weighted by Gasteiger charge is -2.39. The molecule has 0 heterocycles. The number of nitrogens with one attached hydrogen (secondary N) is 1. The Morgan fingerprint density at radius 3 is 1.88 bits per heavy atom. The van der Waals surface area contributed by atoms with Crippen molar-refractivity contribution in [3.05, 3.63) is 0 Å². The van der Waals surface area contributed by atoms with Crippen LogP contribution >= 0.6 is 0 Å². The Kier molecular flexibility index (Phi) is 11.0. The molecule has 154 valence electrons. The van der Waals surface area contributed by atoms with Gasteiger partial charge in [0.05, 0.1) is 18.2 Å². The van der Waals surface area contributed by atoms with E-state index in [-0.39, 0.29) is 35.9 Å². The molecule has 0 aromatic rings. The van der Waals surface area contributed by atoms with E-state index in [1.807, 2.05) is 39.9 Å². The summed E-state index contributed by atoms with van der Waals surface area (Å²) in [6, 6.07) is -0.852. The lowest BCUT2D eigenvalue weighted by atomic mass is 9.91. The van der Waals surface area contributed by atoms with Crippen LogP contribution in [0.3, 0.4) is 0 Å². The molecule has 26 heavy (non-hydrogen) atoms. The minimum absolute atomic E-state index is 0.0170. The lowest BCUT2D eigenvalue weighted by Crippen LogP contribution is -2.57. The molecule has 0 bridgehead atoms. The average molecular weight is 372 g/mol. The van der Waals surface area contributed by atoms with Crippen molar-refractivity contribution in [2.24, 2.45) is 11.8 Å². The van der Waals surface area contributed by atoms with Gasteiger partial charge in [0.2, 0.25) is 11.8 Å². The quantitative estimate of drug-likeness (QED) is 0.606. The van der Waals surface area contributed by atoms with E-state index >= 15 is 0 Å². The summed E-state index contributed by atoms with van der Waals surface area (Å²) >= 11 is 0. The number of carbonyl (C=O) groups is 2. The predicted molar refractivity (Wildman–Crippen MR) is 107 cm³/mol. The van der Waals surface area contributed by atoms with Gasteiger partial charge in [-0.15, -0.1) is 0 Å². The third-order valence-electron chi connectivity index (χ3n) is 5.29. The van der Waals surface area contributed by atoms with Crippen LogP contribution in [-0.4, -0.2) is 74.1 Å². The number of amides is 2. The van der Waals surface area contributed by atoms with E-state index in [4.69, 9.17) is 4.74 Å². The second-order valence-corrected chi connectivity index (χ2v) is 7.89. The molecule has 1 N–H and O–H groups in total. The molecule has 2 amide bonds. The number of methoxy groups -OCH3 is 1. The van der Waals surface area contributed by atoms with Crippen molar-refractivity contribution in [2.45, 2.75) is 78.6 Å². The summed E-state index contributed by atoms with van der Waals surface area (Å²) in [7, 11) is 7.27. The van der Waals surface area contributed by atoms with Gasteiger partial charge in [0, 0.05) is 14.2 Å². The third-order valence-corrected chi connectivity index (χ3v) is 5.29. The fraction of sp³-hybridized carbons (Fsp3) is 0.900. The van der Waals surface area contributed by atoms with Crippen molar-refractivity contribution in [1.82, 2.24) is 15.1 Å². The highest BCUT2D eigenvalue weighted by molar-refractivity contribution is 5.89. The maximum Gasteiger partial charge on any atom is 0.244 e. The van der Waals surface area contributed by atoms with Crippen LogP contribution in [0.5, 0.6) is 0 Å². The van der Waals surface area contributed by atoms with E-state index in [0.717, 1.165) is 12.8 Å². The zero-order chi connectivity index (χ0) is 20.6. The van der Waals surface area contributed by atoms with Gasteiger partial charge < -0.3 is 15.0 Å². The summed E-state index contributed by atoms with van der Waals surface area (Å²) < 4.78 is 5.63. The molecule has 0 saturated heterocycles. The number of nitrogens with zero attached hydrogens (tertiary/aromatic N) is 2. The summed E-state index contributed by atoms with van der Waals surface area (Å²) in [5.41, 5.74) is 0. The van der Waals surface area contributed by atoms with Gasteiger partial charge in [0.25, 0.3) is 0 Å². The van der Waals surface area contributed by atoms with Gasteiger partial charge in [-0.1, -0.05) is 41.0 Å². The topological polar surface area (TPSA) is 61.9 Å². The normalized spacial score (nSPS) is 17.5. The van der Waals surface area contributed by atoms with Crippen molar-refractivity contribution in [1.29, 1.82) is 0 Å². The molecule has 0 aliphatic rings. The highest BCUT2D eigenvalue weighted by Gasteiger charge is 2.34. The van der Waals surface area contributed by atoms with Gasteiger partial charge in [-0.2, -0.15) is 0 Å². The van der Waals surface area contributed by atoms with Gasteiger partial charge in [0.15, 0.2) is 0 Å². The Bertz CT molecular complexity index is 428. The summed E-state index contributed by atoms with van der Waals surface area (Å²) in [6.07, 6.45) is 1.77. The Morgan fingerprint density at radius 1 is 1.00 bits per heavy atom. The molecule has 0 radical (unpaired) electrons. The van der Waals surface area contributed by atoms with E-state index in [9.17, 15) is 9.59 Å². The van der Waals surface area contributed by atoms with Crippen molar-refractivity contribution in [2.75, 3.05) is 28.3 Å². The van der Waals surface area contributed by atoms with Crippen LogP contribution < -0.4 is 5.32 Å². The summed E-state index contributed by atoms with van der Waals surface area (Å²) in [5, 5.41) is 2.90. The molecular formula is C20H41N3O3. The molecule has 0 aliphatic heterocycles. The van der Waals surface area contributed by atoms with Crippen molar-refractivity contribution >= 4 is 11.8 Å². The molecule has 6 nitrogen and oxygen atoms in total. The molecule has 0 aromatic carbocycles. The van der Waals surface area contributed by atoms with Gasteiger partial charge in [0.1, 0.15) is 6.04 Å². The first-order chi connectivity index (χ1) is 12.0. The Morgan fingerprint density at radius 2 is 1.54 bits per heavy atom. The van der Waals surface area contributed by atoms with Crippen molar-refractivity contribution in [3.63, 3.8) is 0 Å². The second-order valence-electron chi connectivity index (χ2n) is 7.89. The van der Waals surface area contributed by atoms with Gasteiger partial charge >= 0.3 is 0 Å². The van der Waals surface area contributed by atoms with Crippen LogP contribution in [0.15, 0.2) is 0 Å². The molecule has 0 aliphatic carbocycles. The van der Waals surface area contributed by atoms with Gasteiger partial charge in [-0.3, -0.25) is 14.5 Å². The summed E-state index contributed by atoms with van der Waals surface area (Å²) in [6.45, 7) is 12.1. The smallest absolute Gasteiger partial charge is 0.244 e. The molecule has 5 atom stereocenters. The predicted octanol–water partition coefficient (Wildman–Crippen LogP) is 2.38. The minimum atomic E-state index is -0.574. The number of hydrogen-bond acceptors (Lipinski definition) is 4. The molecule has 0 rings (SSSR count). The standard InChI is InChI=1S/C20H41N3O3/c1-11-14(5)18(16(12-2)26-10)23(9)20(25)15(6)21-19(24)17(13(3)4)22(7)8/h13-18H,11-12H2,1-10H3,(H,21,24)/t14?,15-,16?,17?,18-/m0/s1. The first-order valence-corrected chi connectivity index (χ1v) is 9.79. The highest BCUT2D eigenvalue weighted by Crippen LogP contribution is 2.22. The zero-order valence-electron chi connectivity index (χ0n) is 18.5. The van der Waals surface area contributed by atoms with Crippen LogP contribution in [0.4, 0.5) is 0 Å². The van der Waals surface area contributed by atoms with Crippen LogP contribution in [0.1, 0.15) is 54.4 Å². The molecular weight excluding hydrogens is 330 g/mol. The Hall–Kier alpha value is -1.14. The largest absolute Gasteiger partial charge is 0.379 e. The van der Waals surface area contributed by atoms with Crippen LogP contribution in [0.2, 0.25) is 0 Å². The number of ether oxygens (including phenoxy) is 1. The fourth-order valence-electron chi connectivity index (χ4n) is 3.73. The van der Waals surface area contributed by atoms with Crippen molar-refractivity contribution in [3.8, 4) is 0 Å². The van der Waals surface area contributed by atoms with E-state index in [0.29, 0.717) is 5.92 Å². The SMILES string of the molecule is CCC(C)[C@@H](C(CC)OC)N(C)C(=O)[C@H](C)NC(=O)C(C(C)C)N(C)C. The lowest BCUT2D eigenvalue weighted by molar-refractivity contribution is -0.141. The molecule has 0 spiro atoms. The number of hydrogen-bond donors (Lipinski definition) is 1. The summed E-state index contributed by atoms with van der Waals surface area (Å²) in [4.78, 5) is 29.3. The Labute approximate surface area is 160 Å². The maximum atomic E-state index is 13.0. The highest BCUT2D eigenvalue weighted by atomic mass is 16.5. The van der Waals surface area contributed by atoms with E-state index in [1.165, 1.54) is 0 Å². The first-order valence-electron chi connectivity index (χ1n) is 9.79. The molecule has 6 heteroatoms. The number of likely N-dealkylation sites (N-methyl/N-ethyl adjacent to an activating group) is 2. The first kappa shape index (κ1) is 24.9. The van der Waals surface area contributed by atoms with Crippen LogP contribution in [-0.2, 0) is 14.3 Å². The van der Waals surface area contributed by atoms with Crippen LogP contribution in [0, 0.1) is 11.8 Å². The zero-order valence-corrected chi connectivity index (χ0v) is 18.5. The van der Waals surface area contributed by atoms with Gasteiger partial charge in [-0.25, -0.2) is 0 Å². The third kappa shape index (κ3) is 6.54. The van der Waals surface area contributed by atoms with Crippen LogP contribution in [0.25, 0.3) is 0 Å². The Balaban J connectivity index is 5.25. The van der Waals surface area contributed by atoms with Crippen molar-refractivity contribution < 1.29 is 14.3 Å². The van der Waals surface area contributed by atoms with E-state index < -0.39 is 6.04 Å². The molecule has 0 fully saturated rings. The van der Waals surface area contributed by atoms with Gasteiger partial charge in [-0.05, 0) is 39.3 Å².